The molecule has 1 amide bonds. The van der Waals surface area contributed by atoms with E-state index in [1.165, 1.54) is 0 Å². The van der Waals surface area contributed by atoms with Crippen LogP contribution in [0.5, 0.6) is 0 Å². The number of thiophene rings is 1. The third-order valence-corrected chi connectivity index (χ3v) is 4.80. The van der Waals surface area contributed by atoms with Gasteiger partial charge in [0, 0.05) is 30.6 Å². The zero-order valence-electron chi connectivity index (χ0n) is 13.4. The van der Waals surface area contributed by atoms with Crippen molar-refractivity contribution >= 4 is 17.2 Å². The highest BCUT2D eigenvalue weighted by Crippen LogP contribution is 2.24. The molecule has 3 heterocycles. The van der Waals surface area contributed by atoms with Crippen LogP contribution in [0.2, 0.25) is 0 Å². The van der Waals surface area contributed by atoms with Crippen molar-refractivity contribution in [2.75, 3.05) is 0 Å². The van der Waals surface area contributed by atoms with E-state index in [0.29, 0.717) is 6.42 Å². The second-order valence-electron chi connectivity index (χ2n) is 7.06. The van der Waals surface area contributed by atoms with Crippen molar-refractivity contribution in [2.24, 2.45) is 0 Å². The summed E-state index contributed by atoms with van der Waals surface area (Å²) in [7, 11) is 0. The molecule has 0 unspecified atom stereocenters. The first-order valence-corrected chi connectivity index (χ1v) is 8.73. The lowest BCUT2D eigenvalue weighted by Gasteiger charge is -2.24. The highest BCUT2D eigenvalue weighted by molar-refractivity contribution is 7.07. The summed E-state index contributed by atoms with van der Waals surface area (Å²) in [6, 6.07) is 2.22. The molecule has 1 atom stereocenters. The molecule has 2 aromatic rings. The minimum atomic E-state index is 0.0715. The van der Waals surface area contributed by atoms with E-state index in [-0.39, 0.29) is 17.4 Å². The number of aromatic nitrogens is 2. The lowest BCUT2D eigenvalue weighted by atomic mass is 9.93. The number of aryl methyl sites for hydroxylation is 1. The maximum absolute atomic E-state index is 12.1. The summed E-state index contributed by atoms with van der Waals surface area (Å²) >= 11 is 1.63. The summed E-state index contributed by atoms with van der Waals surface area (Å²) in [6.45, 7) is 7.37. The van der Waals surface area contributed by atoms with Gasteiger partial charge in [-0.3, -0.25) is 4.79 Å². The Labute approximate surface area is 135 Å². The predicted molar refractivity (Wildman–Crippen MR) is 89.2 cm³/mol. The molecule has 1 N–H and O–H groups in total. The minimum Gasteiger partial charge on any atom is -0.351 e. The van der Waals surface area contributed by atoms with E-state index in [1.807, 2.05) is 16.8 Å². The quantitative estimate of drug-likeness (QED) is 0.946. The number of hydrogen-bond acceptors (Lipinski definition) is 3. The third-order valence-electron chi connectivity index (χ3n) is 4.07. The predicted octanol–water partition coefficient (Wildman–Crippen LogP) is 2.92. The second-order valence-corrected chi connectivity index (χ2v) is 7.84. The molecule has 0 fully saturated rings. The molecule has 118 valence electrons. The van der Waals surface area contributed by atoms with Crippen LogP contribution in [0.4, 0.5) is 0 Å². The minimum absolute atomic E-state index is 0.0715. The van der Waals surface area contributed by atoms with Crippen LogP contribution in [0, 0.1) is 0 Å². The average Bonchev–Trinajstić information content (AvgIpc) is 3.06. The Morgan fingerprint density at radius 3 is 3.00 bits per heavy atom. The Hall–Kier alpha value is -1.62. The van der Waals surface area contributed by atoms with E-state index in [9.17, 15) is 4.79 Å². The highest BCUT2D eigenvalue weighted by atomic mass is 32.1. The van der Waals surface area contributed by atoms with E-state index < -0.39 is 0 Å². The maximum atomic E-state index is 12.1. The maximum Gasteiger partial charge on any atom is 0.224 e. The van der Waals surface area contributed by atoms with Crippen molar-refractivity contribution in [1.82, 2.24) is 14.9 Å². The van der Waals surface area contributed by atoms with Gasteiger partial charge in [0.2, 0.25) is 5.91 Å². The average molecular weight is 317 g/mol. The van der Waals surface area contributed by atoms with E-state index in [2.05, 4.69) is 36.9 Å². The van der Waals surface area contributed by atoms with Crippen LogP contribution >= 0.6 is 11.3 Å². The molecule has 4 nitrogen and oxygen atoms in total. The lowest BCUT2D eigenvalue weighted by molar-refractivity contribution is -0.121. The first-order chi connectivity index (χ1) is 10.4. The van der Waals surface area contributed by atoms with Crippen LogP contribution in [0.1, 0.15) is 44.3 Å². The van der Waals surface area contributed by atoms with Crippen LogP contribution < -0.4 is 5.32 Å². The second kappa shape index (κ2) is 5.88. The number of nitrogens with zero attached hydrogens (tertiary/aromatic N) is 2. The van der Waals surface area contributed by atoms with Gasteiger partial charge < -0.3 is 9.88 Å². The first kappa shape index (κ1) is 15.3. The fraction of sp³-hybridized carbons (Fsp3) is 0.529. The van der Waals surface area contributed by atoms with Gasteiger partial charge in [0.15, 0.2) is 0 Å². The molecule has 1 aliphatic heterocycles. The van der Waals surface area contributed by atoms with Gasteiger partial charge in [-0.25, -0.2) is 4.98 Å². The summed E-state index contributed by atoms with van der Waals surface area (Å²) in [5.41, 5.74) is 2.30. The van der Waals surface area contributed by atoms with E-state index in [0.717, 1.165) is 36.5 Å². The molecule has 2 aromatic heterocycles. The van der Waals surface area contributed by atoms with Crippen LogP contribution in [0.3, 0.4) is 0 Å². The van der Waals surface area contributed by atoms with Crippen molar-refractivity contribution in [1.29, 1.82) is 0 Å². The first-order valence-electron chi connectivity index (χ1n) is 7.79. The molecule has 3 rings (SSSR count). The van der Waals surface area contributed by atoms with Crippen LogP contribution in [0.15, 0.2) is 23.0 Å². The molecule has 0 saturated heterocycles. The summed E-state index contributed by atoms with van der Waals surface area (Å²) in [5, 5.41) is 7.20. The molecule has 22 heavy (non-hydrogen) atoms. The SMILES string of the molecule is CC(C)(C)c1cn2c(n1)CC[C@@H](NC(=O)Cc1ccsc1)C2. The van der Waals surface area contributed by atoms with E-state index in [1.54, 1.807) is 11.3 Å². The number of rotatable bonds is 3. The molecule has 1 aliphatic rings. The van der Waals surface area contributed by atoms with Gasteiger partial charge in [-0.1, -0.05) is 20.8 Å². The Morgan fingerprint density at radius 1 is 1.50 bits per heavy atom. The summed E-state index contributed by atoms with van der Waals surface area (Å²) in [4.78, 5) is 16.9. The van der Waals surface area contributed by atoms with Crippen molar-refractivity contribution in [3.63, 3.8) is 0 Å². The molecular formula is C17H23N3OS. The van der Waals surface area contributed by atoms with Crippen molar-refractivity contribution in [3.05, 3.63) is 40.1 Å². The number of imidazole rings is 1. The molecule has 0 aromatic carbocycles. The topological polar surface area (TPSA) is 46.9 Å². The zero-order valence-corrected chi connectivity index (χ0v) is 14.2. The number of amides is 1. The number of carbonyl (C=O) groups excluding carboxylic acids is 1. The molecular weight excluding hydrogens is 294 g/mol. The lowest BCUT2D eigenvalue weighted by Crippen LogP contribution is -2.41. The molecule has 0 spiro atoms. The van der Waals surface area contributed by atoms with E-state index >= 15 is 0 Å². The van der Waals surface area contributed by atoms with Crippen LogP contribution in [-0.4, -0.2) is 21.5 Å². The molecule has 0 bridgehead atoms. The Balaban J connectivity index is 1.62. The standard InChI is InChI=1S/C17H23N3OS/c1-17(2,3)14-10-20-9-13(4-5-15(20)19-14)18-16(21)8-12-6-7-22-11-12/h6-7,10-11,13H,4-5,8-9H2,1-3H3,(H,18,21)/t13-/m1/s1. The summed E-state index contributed by atoms with van der Waals surface area (Å²) in [6.07, 6.45) is 4.52. The van der Waals surface area contributed by atoms with Crippen molar-refractivity contribution in [2.45, 2.75) is 58.0 Å². The van der Waals surface area contributed by atoms with Gasteiger partial charge in [0.1, 0.15) is 5.82 Å². The van der Waals surface area contributed by atoms with Crippen molar-refractivity contribution in [3.8, 4) is 0 Å². The van der Waals surface area contributed by atoms with E-state index in [4.69, 9.17) is 4.98 Å². The molecule has 5 heteroatoms. The van der Waals surface area contributed by atoms with Gasteiger partial charge in [-0.05, 0) is 28.8 Å². The van der Waals surface area contributed by atoms with Gasteiger partial charge in [-0.2, -0.15) is 11.3 Å². The fourth-order valence-corrected chi connectivity index (χ4v) is 3.45. The number of fused-ring (bicyclic) bond motifs is 1. The smallest absolute Gasteiger partial charge is 0.224 e. The molecule has 0 saturated carbocycles. The van der Waals surface area contributed by atoms with Gasteiger partial charge in [0.05, 0.1) is 12.1 Å². The molecule has 0 aliphatic carbocycles. The normalized spacial score (nSPS) is 18.0. The Bertz CT molecular complexity index is 652. The number of carbonyl (C=O) groups is 1. The largest absolute Gasteiger partial charge is 0.351 e. The van der Waals surface area contributed by atoms with Gasteiger partial charge >= 0.3 is 0 Å². The van der Waals surface area contributed by atoms with Crippen LogP contribution in [-0.2, 0) is 29.6 Å². The highest BCUT2D eigenvalue weighted by Gasteiger charge is 2.25. The number of hydrogen-bond donors (Lipinski definition) is 1. The molecule has 0 radical (unpaired) electrons. The monoisotopic (exact) mass is 317 g/mol. The zero-order chi connectivity index (χ0) is 15.7. The van der Waals surface area contributed by atoms with Gasteiger partial charge in [0.25, 0.3) is 0 Å². The summed E-state index contributed by atoms with van der Waals surface area (Å²) in [5.74, 6) is 1.26. The van der Waals surface area contributed by atoms with Gasteiger partial charge in [-0.15, -0.1) is 0 Å². The Kier molecular flexibility index (Phi) is 4.08. The van der Waals surface area contributed by atoms with Crippen molar-refractivity contribution < 1.29 is 4.79 Å². The fourth-order valence-electron chi connectivity index (χ4n) is 2.78. The van der Waals surface area contributed by atoms with Crippen LogP contribution in [0.25, 0.3) is 0 Å². The third kappa shape index (κ3) is 3.40. The summed E-state index contributed by atoms with van der Waals surface area (Å²) < 4.78 is 2.21. The Morgan fingerprint density at radius 2 is 2.32 bits per heavy atom. The number of nitrogens with one attached hydrogen (secondary N) is 1.